The number of rotatable bonds is 3. The molecule has 1 saturated heterocycles. The predicted molar refractivity (Wildman–Crippen MR) is 99.3 cm³/mol. The molecular formula is C18H18ClN3O2S. The number of piperazine rings is 1. The molecule has 3 heterocycles. The highest BCUT2D eigenvalue weighted by Crippen LogP contribution is 2.24. The molecule has 0 saturated carbocycles. The first-order chi connectivity index (χ1) is 12.1. The van der Waals surface area contributed by atoms with Crippen LogP contribution in [0.2, 0.25) is 5.02 Å². The third-order valence-corrected chi connectivity index (χ3v) is 5.46. The molecule has 25 heavy (non-hydrogen) atoms. The van der Waals surface area contributed by atoms with Crippen LogP contribution in [0.4, 0.5) is 0 Å². The summed E-state index contributed by atoms with van der Waals surface area (Å²) < 4.78 is 5.69. The molecule has 5 nitrogen and oxygen atoms in total. The van der Waals surface area contributed by atoms with Crippen molar-refractivity contribution < 1.29 is 9.21 Å². The number of aromatic nitrogens is 1. The number of carbonyl (C=O) groups excluding carboxylic acids is 1. The first kappa shape index (κ1) is 16.6. The minimum absolute atomic E-state index is 0.0588. The Bertz CT molecular complexity index is 912. The van der Waals surface area contributed by atoms with Gasteiger partial charge in [0.15, 0.2) is 5.76 Å². The Morgan fingerprint density at radius 1 is 1.28 bits per heavy atom. The fourth-order valence-electron chi connectivity index (χ4n) is 3.09. The van der Waals surface area contributed by atoms with Crippen molar-refractivity contribution in [2.75, 3.05) is 26.2 Å². The van der Waals surface area contributed by atoms with E-state index in [1.165, 1.54) is 0 Å². The predicted octanol–water partition coefficient (Wildman–Crippen LogP) is 3.81. The molecule has 1 aromatic carbocycles. The molecule has 0 bridgehead atoms. The number of furan rings is 1. The van der Waals surface area contributed by atoms with E-state index in [4.69, 9.17) is 16.0 Å². The lowest BCUT2D eigenvalue weighted by atomic mass is 10.2. The SMILES string of the molecule is Cc1nc(CN2CCN(C(=O)c3cc4cc(Cl)ccc4o3)CC2)cs1. The molecule has 1 fully saturated rings. The highest BCUT2D eigenvalue weighted by atomic mass is 35.5. The van der Waals surface area contributed by atoms with Crippen molar-refractivity contribution in [2.24, 2.45) is 0 Å². The summed E-state index contributed by atoms with van der Waals surface area (Å²) in [6, 6.07) is 7.14. The van der Waals surface area contributed by atoms with Crippen LogP contribution in [0, 0.1) is 6.92 Å². The number of nitrogens with zero attached hydrogens (tertiary/aromatic N) is 3. The van der Waals surface area contributed by atoms with Crippen LogP contribution in [-0.4, -0.2) is 46.9 Å². The summed E-state index contributed by atoms with van der Waals surface area (Å²) in [7, 11) is 0. The summed E-state index contributed by atoms with van der Waals surface area (Å²) in [6.45, 7) is 5.93. The van der Waals surface area contributed by atoms with E-state index in [9.17, 15) is 4.79 Å². The molecule has 0 spiro atoms. The van der Waals surface area contributed by atoms with E-state index in [0.29, 0.717) is 29.5 Å². The van der Waals surface area contributed by atoms with E-state index in [1.54, 1.807) is 29.5 Å². The van der Waals surface area contributed by atoms with Crippen LogP contribution in [0.15, 0.2) is 34.1 Å². The standard InChI is InChI=1S/C18H18ClN3O2S/c1-12-20-15(11-25-12)10-21-4-6-22(7-5-21)18(23)17-9-13-8-14(19)2-3-16(13)24-17/h2-3,8-9,11H,4-7,10H2,1H3. The Hall–Kier alpha value is -1.89. The Balaban J connectivity index is 1.40. The molecule has 1 amide bonds. The smallest absolute Gasteiger partial charge is 0.289 e. The lowest BCUT2D eigenvalue weighted by Crippen LogP contribution is -2.48. The van der Waals surface area contributed by atoms with Gasteiger partial charge < -0.3 is 9.32 Å². The van der Waals surface area contributed by atoms with Gasteiger partial charge in [0.1, 0.15) is 5.58 Å². The van der Waals surface area contributed by atoms with E-state index in [1.807, 2.05) is 17.9 Å². The fraction of sp³-hybridized carbons (Fsp3) is 0.333. The summed E-state index contributed by atoms with van der Waals surface area (Å²) in [5, 5.41) is 4.69. The van der Waals surface area contributed by atoms with Crippen molar-refractivity contribution >= 4 is 39.8 Å². The van der Waals surface area contributed by atoms with Crippen molar-refractivity contribution in [3.05, 3.63) is 51.1 Å². The summed E-state index contributed by atoms with van der Waals surface area (Å²) >= 11 is 7.67. The second-order valence-electron chi connectivity index (χ2n) is 6.22. The molecule has 130 valence electrons. The van der Waals surface area contributed by atoms with E-state index in [-0.39, 0.29) is 5.91 Å². The van der Waals surface area contributed by atoms with Crippen LogP contribution >= 0.6 is 22.9 Å². The third kappa shape index (κ3) is 3.56. The number of amides is 1. The van der Waals surface area contributed by atoms with Gasteiger partial charge in [0, 0.05) is 48.5 Å². The number of aryl methyl sites for hydroxylation is 1. The Morgan fingerprint density at radius 2 is 2.08 bits per heavy atom. The maximum absolute atomic E-state index is 12.7. The highest BCUT2D eigenvalue weighted by molar-refractivity contribution is 7.09. The van der Waals surface area contributed by atoms with E-state index in [0.717, 1.165) is 35.7 Å². The lowest BCUT2D eigenvalue weighted by Gasteiger charge is -2.33. The number of carbonyl (C=O) groups is 1. The molecular weight excluding hydrogens is 358 g/mol. The Kier molecular flexibility index (Phi) is 4.50. The first-order valence-electron chi connectivity index (χ1n) is 8.20. The minimum Gasteiger partial charge on any atom is -0.451 e. The Labute approximate surface area is 154 Å². The second kappa shape index (κ2) is 6.78. The van der Waals surface area contributed by atoms with Gasteiger partial charge in [-0.05, 0) is 31.2 Å². The number of hydrogen-bond donors (Lipinski definition) is 0. The van der Waals surface area contributed by atoms with Crippen molar-refractivity contribution in [1.29, 1.82) is 0 Å². The van der Waals surface area contributed by atoms with Gasteiger partial charge in [-0.2, -0.15) is 0 Å². The molecule has 1 aliphatic rings. The molecule has 2 aromatic heterocycles. The zero-order valence-corrected chi connectivity index (χ0v) is 15.4. The van der Waals surface area contributed by atoms with Gasteiger partial charge in [0.2, 0.25) is 0 Å². The van der Waals surface area contributed by atoms with E-state index >= 15 is 0 Å². The van der Waals surface area contributed by atoms with Crippen molar-refractivity contribution in [2.45, 2.75) is 13.5 Å². The molecule has 0 radical (unpaired) electrons. The average molecular weight is 376 g/mol. The molecule has 4 rings (SSSR count). The van der Waals surface area contributed by atoms with Crippen LogP contribution in [0.3, 0.4) is 0 Å². The summed E-state index contributed by atoms with van der Waals surface area (Å²) in [5.74, 6) is 0.317. The van der Waals surface area contributed by atoms with Gasteiger partial charge in [0.05, 0.1) is 10.7 Å². The van der Waals surface area contributed by atoms with Crippen LogP contribution in [0.25, 0.3) is 11.0 Å². The molecule has 0 unspecified atom stereocenters. The quantitative estimate of drug-likeness (QED) is 0.698. The van der Waals surface area contributed by atoms with Gasteiger partial charge in [0.25, 0.3) is 5.91 Å². The summed E-state index contributed by atoms with van der Waals surface area (Å²) in [6.07, 6.45) is 0. The average Bonchev–Trinajstić information content (AvgIpc) is 3.20. The molecule has 0 atom stereocenters. The van der Waals surface area contributed by atoms with Crippen LogP contribution in [0.5, 0.6) is 0 Å². The number of thiazole rings is 1. The molecule has 0 N–H and O–H groups in total. The van der Waals surface area contributed by atoms with Gasteiger partial charge in [-0.25, -0.2) is 4.98 Å². The Morgan fingerprint density at radius 3 is 2.80 bits per heavy atom. The van der Waals surface area contributed by atoms with Gasteiger partial charge in [-0.3, -0.25) is 9.69 Å². The van der Waals surface area contributed by atoms with Gasteiger partial charge >= 0.3 is 0 Å². The van der Waals surface area contributed by atoms with Crippen LogP contribution in [0.1, 0.15) is 21.3 Å². The summed E-state index contributed by atoms with van der Waals surface area (Å²) in [4.78, 5) is 21.4. The minimum atomic E-state index is -0.0588. The summed E-state index contributed by atoms with van der Waals surface area (Å²) in [5.41, 5.74) is 1.79. The first-order valence-corrected chi connectivity index (χ1v) is 9.46. The van der Waals surface area contributed by atoms with Gasteiger partial charge in [-0.15, -0.1) is 11.3 Å². The lowest BCUT2D eigenvalue weighted by molar-refractivity contribution is 0.0599. The number of fused-ring (bicyclic) bond motifs is 1. The monoisotopic (exact) mass is 375 g/mol. The zero-order chi connectivity index (χ0) is 17.4. The van der Waals surface area contributed by atoms with E-state index < -0.39 is 0 Å². The number of halogens is 1. The maximum atomic E-state index is 12.7. The van der Waals surface area contributed by atoms with Crippen molar-refractivity contribution in [3.63, 3.8) is 0 Å². The molecule has 7 heteroatoms. The third-order valence-electron chi connectivity index (χ3n) is 4.40. The maximum Gasteiger partial charge on any atom is 0.289 e. The van der Waals surface area contributed by atoms with Crippen molar-refractivity contribution in [1.82, 2.24) is 14.8 Å². The number of hydrogen-bond acceptors (Lipinski definition) is 5. The largest absolute Gasteiger partial charge is 0.451 e. The topological polar surface area (TPSA) is 49.6 Å². The van der Waals surface area contributed by atoms with E-state index in [2.05, 4.69) is 15.3 Å². The normalized spacial score (nSPS) is 15.8. The molecule has 0 aliphatic carbocycles. The highest BCUT2D eigenvalue weighted by Gasteiger charge is 2.25. The van der Waals surface area contributed by atoms with Crippen LogP contribution < -0.4 is 0 Å². The fourth-order valence-corrected chi connectivity index (χ4v) is 3.88. The van der Waals surface area contributed by atoms with Crippen molar-refractivity contribution in [3.8, 4) is 0 Å². The molecule has 3 aromatic rings. The molecule has 1 aliphatic heterocycles. The van der Waals surface area contributed by atoms with Gasteiger partial charge in [-0.1, -0.05) is 11.6 Å². The second-order valence-corrected chi connectivity index (χ2v) is 7.72. The zero-order valence-electron chi connectivity index (χ0n) is 13.9. The number of benzene rings is 1. The van der Waals surface area contributed by atoms with Crippen LogP contribution in [-0.2, 0) is 6.54 Å².